The number of nitrogens with two attached hydrogens (primary N) is 1. The first-order valence-corrected chi connectivity index (χ1v) is 6.73. The van der Waals surface area contributed by atoms with E-state index in [1.165, 1.54) is 0 Å². The van der Waals surface area contributed by atoms with Crippen LogP contribution in [0.5, 0.6) is 0 Å². The number of rotatable bonds is 4. The topological polar surface area (TPSA) is 55.1 Å². The average molecular weight is 302 g/mol. The zero-order valence-corrected chi connectivity index (χ0v) is 12.6. The van der Waals surface area contributed by atoms with Gasteiger partial charge in [-0.15, -0.1) is 0 Å². The van der Waals surface area contributed by atoms with Crippen LogP contribution in [0.15, 0.2) is 24.3 Å². The highest BCUT2D eigenvalue weighted by Crippen LogP contribution is 2.29. The maximum absolute atomic E-state index is 12.7. The molecule has 118 valence electrons. The summed E-state index contributed by atoms with van der Waals surface area (Å²) in [5, 5.41) is 2.31. The van der Waals surface area contributed by atoms with Crippen LogP contribution >= 0.6 is 0 Å². The molecule has 0 saturated carbocycles. The van der Waals surface area contributed by atoms with Gasteiger partial charge in [0.05, 0.1) is 6.04 Å². The van der Waals surface area contributed by atoms with E-state index in [1.807, 2.05) is 26.0 Å². The molecule has 0 bridgehead atoms. The fourth-order valence-electron chi connectivity index (χ4n) is 1.73. The number of halogens is 3. The smallest absolute Gasteiger partial charge is 0.348 e. The van der Waals surface area contributed by atoms with Gasteiger partial charge in [0.25, 0.3) is 0 Å². The van der Waals surface area contributed by atoms with E-state index in [2.05, 4.69) is 5.32 Å². The lowest BCUT2D eigenvalue weighted by atomic mass is 9.98. The fourth-order valence-corrected chi connectivity index (χ4v) is 1.73. The Labute approximate surface area is 122 Å². The largest absolute Gasteiger partial charge is 0.415 e. The van der Waals surface area contributed by atoms with Gasteiger partial charge in [-0.2, -0.15) is 13.2 Å². The van der Waals surface area contributed by atoms with Gasteiger partial charge in [-0.3, -0.25) is 4.79 Å². The van der Waals surface area contributed by atoms with Crippen molar-refractivity contribution in [1.29, 1.82) is 0 Å². The van der Waals surface area contributed by atoms with E-state index in [4.69, 9.17) is 5.73 Å². The molecule has 1 amide bonds. The predicted octanol–water partition coefficient (Wildman–Crippen LogP) is 3.27. The molecule has 0 radical (unpaired) electrons. The molecule has 1 rings (SSSR count). The van der Waals surface area contributed by atoms with E-state index in [1.54, 1.807) is 19.1 Å². The Balaban J connectivity index is 2.81. The Morgan fingerprint density at radius 1 is 1.10 bits per heavy atom. The summed E-state index contributed by atoms with van der Waals surface area (Å²) in [5.74, 6) is -0.878. The number of alkyl halides is 3. The summed E-state index contributed by atoms with van der Waals surface area (Å²) in [7, 11) is 0. The number of benzene rings is 1. The van der Waals surface area contributed by atoms with E-state index in [-0.39, 0.29) is 0 Å². The Bertz CT molecular complexity index is 493. The van der Waals surface area contributed by atoms with Crippen LogP contribution in [0, 0.1) is 0 Å². The first kappa shape index (κ1) is 17.5. The molecule has 0 saturated heterocycles. The lowest BCUT2D eigenvalue weighted by Gasteiger charge is -2.28. The Hall–Kier alpha value is -1.56. The Morgan fingerprint density at radius 2 is 1.52 bits per heavy atom. The maximum Gasteiger partial charge on any atom is 0.415 e. The summed E-state index contributed by atoms with van der Waals surface area (Å²) in [6, 6.07) is 6.83. The van der Waals surface area contributed by atoms with Crippen molar-refractivity contribution in [2.24, 2.45) is 5.73 Å². The first-order chi connectivity index (χ1) is 9.46. The normalized spacial score (nSPS) is 16.4. The van der Waals surface area contributed by atoms with E-state index >= 15 is 0 Å². The van der Waals surface area contributed by atoms with E-state index < -0.39 is 23.7 Å². The van der Waals surface area contributed by atoms with E-state index in [0.29, 0.717) is 12.8 Å². The number of amides is 1. The first-order valence-electron chi connectivity index (χ1n) is 6.73. The summed E-state index contributed by atoms with van der Waals surface area (Å²) in [5.41, 5.74) is 4.04. The third-order valence-electron chi connectivity index (χ3n) is 3.51. The SMILES string of the molecule is CC(C)c1ccc(C(C)NC(=O)C(C)(N)C(F)(F)F)cc1. The maximum atomic E-state index is 12.7. The van der Waals surface area contributed by atoms with Crippen LogP contribution in [0.1, 0.15) is 50.8 Å². The van der Waals surface area contributed by atoms with Crippen LogP contribution in [0.3, 0.4) is 0 Å². The monoisotopic (exact) mass is 302 g/mol. The van der Waals surface area contributed by atoms with Crippen molar-refractivity contribution in [1.82, 2.24) is 5.32 Å². The highest BCUT2D eigenvalue weighted by molar-refractivity contribution is 5.86. The average Bonchev–Trinajstić information content (AvgIpc) is 2.37. The van der Waals surface area contributed by atoms with Crippen molar-refractivity contribution in [2.75, 3.05) is 0 Å². The third kappa shape index (κ3) is 3.97. The minimum atomic E-state index is -4.79. The minimum absolute atomic E-state index is 0.363. The van der Waals surface area contributed by atoms with Gasteiger partial charge >= 0.3 is 6.18 Å². The lowest BCUT2D eigenvalue weighted by molar-refractivity contribution is -0.187. The molecule has 1 aromatic rings. The van der Waals surface area contributed by atoms with Crippen LogP contribution in [0.4, 0.5) is 13.2 Å². The van der Waals surface area contributed by atoms with E-state index in [9.17, 15) is 18.0 Å². The van der Waals surface area contributed by atoms with Crippen molar-refractivity contribution >= 4 is 5.91 Å². The fraction of sp³-hybridized carbons (Fsp3) is 0.533. The summed E-state index contributed by atoms with van der Waals surface area (Å²) >= 11 is 0. The van der Waals surface area contributed by atoms with Gasteiger partial charge in [0.15, 0.2) is 5.54 Å². The van der Waals surface area contributed by atoms with Gasteiger partial charge in [-0.25, -0.2) is 0 Å². The summed E-state index contributed by atoms with van der Waals surface area (Å²) in [6.45, 7) is 6.37. The lowest BCUT2D eigenvalue weighted by Crippen LogP contribution is -2.61. The van der Waals surface area contributed by atoms with Crippen molar-refractivity contribution < 1.29 is 18.0 Å². The number of carbonyl (C=O) groups is 1. The van der Waals surface area contributed by atoms with Crippen LogP contribution in [0.25, 0.3) is 0 Å². The number of nitrogens with one attached hydrogen (secondary N) is 1. The molecule has 0 fully saturated rings. The van der Waals surface area contributed by atoms with Gasteiger partial charge < -0.3 is 11.1 Å². The van der Waals surface area contributed by atoms with Crippen molar-refractivity contribution in [3.63, 3.8) is 0 Å². The van der Waals surface area contributed by atoms with Crippen LogP contribution < -0.4 is 11.1 Å². The second-order valence-corrected chi connectivity index (χ2v) is 5.72. The number of carbonyl (C=O) groups excluding carboxylic acids is 1. The highest BCUT2D eigenvalue weighted by Gasteiger charge is 2.54. The molecule has 0 aliphatic carbocycles. The van der Waals surface area contributed by atoms with Gasteiger partial charge in [-0.05, 0) is 30.9 Å². The molecular weight excluding hydrogens is 281 g/mol. The molecular formula is C15H21F3N2O. The molecule has 0 aliphatic heterocycles. The standard InChI is InChI=1S/C15H21F3N2O/c1-9(2)11-5-7-12(8-6-11)10(3)20-13(21)14(4,19)15(16,17)18/h5-10H,19H2,1-4H3,(H,20,21). The molecule has 0 spiro atoms. The minimum Gasteiger partial charge on any atom is -0.348 e. The molecule has 1 aromatic carbocycles. The highest BCUT2D eigenvalue weighted by atomic mass is 19.4. The Morgan fingerprint density at radius 3 is 1.90 bits per heavy atom. The van der Waals surface area contributed by atoms with Gasteiger partial charge in [0.2, 0.25) is 5.91 Å². The molecule has 0 aliphatic rings. The summed E-state index contributed by atoms with van der Waals surface area (Å²) in [6.07, 6.45) is -4.79. The van der Waals surface area contributed by atoms with Crippen LogP contribution in [-0.4, -0.2) is 17.6 Å². The molecule has 3 N–H and O–H groups in total. The van der Waals surface area contributed by atoms with Crippen molar-refractivity contribution in [3.8, 4) is 0 Å². The van der Waals surface area contributed by atoms with Gasteiger partial charge in [0.1, 0.15) is 0 Å². The molecule has 0 aromatic heterocycles. The Kier molecular flexibility index (Phi) is 5.04. The van der Waals surface area contributed by atoms with Crippen LogP contribution in [0.2, 0.25) is 0 Å². The zero-order valence-electron chi connectivity index (χ0n) is 12.6. The molecule has 3 nitrogen and oxygen atoms in total. The van der Waals surface area contributed by atoms with Crippen LogP contribution in [-0.2, 0) is 4.79 Å². The number of hydrogen-bond acceptors (Lipinski definition) is 2. The van der Waals surface area contributed by atoms with Gasteiger partial charge in [-0.1, -0.05) is 38.1 Å². The zero-order chi connectivity index (χ0) is 16.4. The second kappa shape index (κ2) is 6.05. The third-order valence-corrected chi connectivity index (χ3v) is 3.51. The predicted molar refractivity (Wildman–Crippen MR) is 75.7 cm³/mol. The van der Waals surface area contributed by atoms with Crippen molar-refractivity contribution in [3.05, 3.63) is 35.4 Å². The molecule has 2 atom stereocenters. The molecule has 2 unspecified atom stereocenters. The number of hydrogen-bond donors (Lipinski definition) is 2. The van der Waals surface area contributed by atoms with E-state index in [0.717, 1.165) is 11.1 Å². The molecule has 0 heterocycles. The van der Waals surface area contributed by atoms with Gasteiger partial charge in [0, 0.05) is 0 Å². The molecule has 21 heavy (non-hydrogen) atoms. The quantitative estimate of drug-likeness (QED) is 0.897. The second-order valence-electron chi connectivity index (χ2n) is 5.72. The molecule has 6 heteroatoms. The summed E-state index contributed by atoms with van der Waals surface area (Å²) in [4.78, 5) is 11.7. The van der Waals surface area contributed by atoms with Crippen molar-refractivity contribution in [2.45, 2.75) is 51.4 Å². The summed E-state index contributed by atoms with van der Waals surface area (Å²) < 4.78 is 38.1.